The molecule has 0 aliphatic carbocycles. The molecule has 174 valence electrons. The van der Waals surface area contributed by atoms with E-state index in [9.17, 15) is 13.2 Å². The fraction of sp³-hybridized carbons (Fsp3) is 0.280. The summed E-state index contributed by atoms with van der Waals surface area (Å²) in [5.41, 5.74) is 3.08. The Bertz CT molecular complexity index is 1210. The van der Waals surface area contributed by atoms with E-state index in [2.05, 4.69) is 4.98 Å². The molecule has 0 N–H and O–H groups in total. The van der Waals surface area contributed by atoms with Gasteiger partial charge in [0.25, 0.3) is 5.91 Å². The smallest absolute Gasteiger partial charge is 0.256 e. The summed E-state index contributed by atoms with van der Waals surface area (Å²) in [6.07, 6.45) is 3.39. The quantitative estimate of drug-likeness (QED) is 0.431. The highest BCUT2D eigenvalue weighted by Crippen LogP contribution is 2.26. The van der Waals surface area contributed by atoms with Gasteiger partial charge in [-0.25, -0.2) is 8.42 Å². The average molecular weight is 486 g/mol. The third-order valence-electron chi connectivity index (χ3n) is 5.52. The summed E-state index contributed by atoms with van der Waals surface area (Å²) in [7, 11) is -3.73. The largest absolute Gasteiger partial charge is 0.330 e. The van der Waals surface area contributed by atoms with E-state index in [0.29, 0.717) is 26.2 Å². The van der Waals surface area contributed by atoms with E-state index < -0.39 is 10.0 Å². The normalized spacial score (nSPS) is 11.5. The zero-order valence-electron chi connectivity index (χ0n) is 19.0. The van der Waals surface area contributed by atoms with Gasteiger partial charge in [-0.05, 0) is 47.9 Å². The Hall–Kier alpha value is -2.74. The van der Waals surface area contributed by atoms with Crippen molar-refractivity contribution in [1.29, 1.82) is 0 Å². The second-order valence-electron chi connectivity index (χ2n) is 7.68. The van der Waals surface area contributed by atoms with Gasteiger partial charge in [-0.3, -0.25) is 9.78 Å². The van der Waals surface area contributed by atoms with Crippen molar-refractivity contribution < 1.29 is 13.2 Å². The van der Waals surface area contributed by atoms with Crippen LogP contribution >= 0.6 is 11.6 Å². The van der Waals surface area contributed by atoms with E-state index in [1.807, 2.05) is 43.3 Å². The van der Waals surface area contributed by atoms with Crippen molar-refractivity contribution in [2.75, 3.05) is 13.1 Å². The van der Waals surface area contributed by atoms with Gasteiger partial charge in [0, 0.05) is 38.6 Å². The predicted molar refractivity (Wildman–Crippen MR) is 131 cm³/mol. The van der Waals surface area contributed by atoms with Crippen molar-refractivity contribution in [3.8, 4) is 0 Å². The summed E-state index contributed by atoms with van der Waals surface area (Å²) >= 11 is 6.40. The number of rotatable bonds is 9. The number of amides is 1. The van der Waals surface area contributed by atoms with Gasteiger partial charge in [0.2, 0.25) is 10.0 Å². The first-order valence-electron chi connectivity index (χ1n) is 10.8. The number of hydrogen-bond acceptors (Lipinski definition) is 4. The Labute approximate surface area is 200 Å². The van der Waals surface area contributed by atoms with E-state index in [4.69, 9.17) is 11.6 Å². The fourth-order valence-corrected chi connectivity index (χ4v) is 5.30. The highest BCUT2D eigenvalue weighted by Gasteiger charge is 2.26. The molecule has 0 saturated carbocycles. The van der Waals surface area contributed by atoms with Crippen molar-refractivity contribution in [3.05, 3.63) is 94.3 Å². The minimum absolute atomic E-state index is 0.0520. The summed E-state index contributed by atoms with van der Waals surface area (Å²) in [6, 6.07) is 15.9. The predicted octanol–water partition coefficient (Wildman–Crippen LogP) is 4.92. The van der Waals surface area contributed by atoms with Crippen molar-refractivity contribution in [2.45, 2.75) is 38.8 Å². The molecule has 1 aromatic heterocycles. The SMILES string of the molecule is CCN(CC)S(=O)(=O)c1ccc(Cl)c(C(=O)N(Cc2cccnc2)Cc2ccccc2C)c1. The maximum atomic E-state index is 13.7. The number of benzene rings is 2. The summed E-state index contributed by atoms with van der Waals surface area (Å²) in [5, 5.41) is 0.208. The lowest BCUT2D eigenvalue weighted by atomic mass is 10.1. The maximum Gasteiger partial charge on any atom is 0.256 e. The fourth-order valence-electron chi connectivity index (χ4n) is 3.62. The number of pyridine rings is 1. The Balaban J connectivity index is 2.02. The third kappa shape index (κ3) is 5.79. The van der Waals surface area contributed by atoms with Crippen LogP contribution in [0.15, 0.2) is 71.9 Å². The minimum atomic E-state index is -3.73. The molecule has 3 rings (SSSR count). The van der Waals surface area contributed by atoms with E-state index in [0.717, 1.165) is 16.7 Å². The van der Waals surface area contributed by atoms with E-state index >= 15 is 0 Å². The number of sulfonamides is 1. The molecule has 0 aliphatic rings. The van der Waals surface area contributed by atoms with Gasteiger partial charge in [0.05, 0.1) is 15.5 Å². The lowest BCUT2D eigenvalue weighted by Crippen LogP contribution is -2.32. The molecule has 6 nitrogen and oxygen atoms in total. The maximum absolute atomic E-state index is 13.7. The van der Waals surface area contributed by atoms with Gasteiger partial charge in [-0.1, -0.05) is 55.8 Å². The van der Waals surface area contributed by atoms with Gasteiger partial charge in [0.1, 0.15) is 0 Å². The van der Waals surface area contributed by atoms with Crippen LogP contribution in [0.5, 0.6) is 0 Å². The van der Waals surface area contributed by atoms with Crippen molar-refractivity contribution in [1.82, 2.24) is 14.2 Å². The first-order chi connectivity index (χ1) is 15.8. The molecule has 0 bridgehead atoms. The molecule has 0 unspecified atom stereocenters. The van der Waals surface area contributed by atoms with Crippen molar-refractivity contribution in [3.63, 3.8) is 0 Å². The molecular weight excluding hydrogens is 458 g/mol. The molecule has 0 radical (unpaired) electrons. The third-order valence-corrected chi connectivity index (χ3v) is 7.89. The number of carbonyl (C=O) groups excluding carboxylic acids is 1. The Morgan fingerprint density at radius 3 is 2.36 bits per heavy atom. The summed E-state index contributed by atoms with van der Waals surface area (Å²) in [5.74, 6) is -0.344. The highest BCUT2D eigenvalue weighted by atomic mass is 35.5. The molecule has 1 heterocycles. The second-order valence-corrected chi connectivity index (χ2v) is 10.0. The first-order valence-corrected chi connectivity index (χ1v) is 12.6. The number of nitrogens with zero attached hydrogens (tertiary/aromatic N) is 3. The standard InChI is InChI=1S/C25H28ClN3O3S/c1-4-29(5-2)33(31,32)22-12-13-24(26)23(15-22)25(30)28(17-20-10-8-14-27-16-20)18-21-11-7-6-9-19(21)3/h6-16H,4-5,17-18H2,1-3H3. The van der Waals surface area contributed by atoms with Crippen LogP contribution in [0.4, 0.5) is 0 Å². The molecule has 0 spiro atoms. The van der Waals surface area contributed by atoms with Crippen LogP contribution in [0.2, 0.25) is 5.02 Å². The van der Waals surface area contributed by atoms with Crippen molar-refractivity contribution in [2.24, 2.45) is 0 Å². The molecule has 3 aromatic rings. The number of halogens is 1. The monoisotopic (exact) mass is 485 g/mol. The zero-order chi connectivity index (χ0) is 24.0. The Morgan fingerprint density at radius 2 is 1.73 bits per heavy atom. The number of hydrogen-bond donors (Lipinski definition) is 0. The van der Waals surface area contributed by atoms with Gasteiger partial charge < -0.3 is 4.90 Å². The first kappa shape index (κ1) is 24.9. The van der Waals surface area contributed by atoms with Crippen molar-refractivity contribution >= 4 is 27.5 Å². The van der Waals surface area contributed by atoms with Crippen LogP contribution < -0.4 is 0 Å². The van der Waals surface area contributed by atoms with E-state index in [1.54, 1.807) is 31.1 Å². The molecule has 0 atom stereocenters. The number of carbonyl (C=O) groups is 1. The summed E-state index contributed by atoms with van der Waals surface area (Å²) in [6.45, 7) is 6.89. The second kappa shape index (κ2) is 10.9. The average Bonchev–Trinajstić information content (AvgIpc) is 2.81. The highest BCUT2D eigenvalue weighted by molar-refractivity contribution is 7.89. The molecular formula is C25H28ClN3O3S. The van der Waals surface area contributed by atoms with Crippen LogP contribution in [-0.4, -0.2) is 41.6 Å². The molecule has 0 fully saturated rings. The van der Waals surface area contributed by atoms with Crippen LogP contribution in [0.3, 0.4) is 0 Å². The molecule has 0 saturated heterocycles. The minimum Gasteiger partial charge on any atom is -0.330 e. The number of aromatic nitrogens is 1. The van der Waals surface area contributed by atoms with Gasteiger partial charge in [0.15, 0.2) is 0 Å². The zero-order valence-corrected chi connectivity index (χ0v) is 20.6. The topological polar surface area (TPSA) is 70.6 Å². The van der Waals surface area contributed by atoms with Gasteiger partial charge >= 0.3 is 0 Å². The summed E-state index contributed by atoms with van der Waals surface area (Å²) in [4.78, 5) is 19.5. The molecule has 8 heteroatoms. The molecule has 1 amide bonds. The Kier molecular flexibility index (Phi) is 8.24. The van der Waals surface area contributed by atoms with E-state index in [-0.39, 0.29) is 21.4 Å². The molecule has 33 heavy (non-hydrogen) atoms. The van der Waals surface area contributed by atoms with Gasteiger partial charge in [-0.15, -0.1) is 0 Å². The van der Waals surface area contributed by atoms with Gasteiger partial charge in [-0.2, -0.15) is 4.31 Å². The molecule has 2 aromatic carbocycles. The lowest BCUT2D eigenvalue weighted by Gasteiger charge is -2.25. The molecule has 0 aliphatic heterocycles. The van der Waals surface area contributed by atoms with Crippen LogP contribution in [0, 0.1) is 6.92 Å². The van der Waals surface area contributed by atoms with Crippen LogP contribution in [0.25, 0.3) is 0 Å². The van der Waals surface area contributed by atoms with Crippen LogP contribution in [-0.2, 0) is 23.1 Å². The summed E-state index contributed by atoms with van der Waals surface area (Å²) < 4.78 is 27.4. The van der Waals surface area contributed by atoms with Crippen LogP contribution in [0.1, 0.15) is 40.9 Å². The Morgan fingerprint density at radius 1 is 1.00 bits per heavy atom. The number of aryl methyl sites for hydroxylation is 1. The van der Waals surface area contributed by atoms with E-state index in [1.165, 1.54) is 22.5 Å². The lowest BCUT2D eigenvalue weighted by molar-refractivity contribution is 0.0729.